The van der Waals surface area contributed by atoms with Crippen LogP contribution < -0.4 is 0 Å². The van der Waals surface area contributed by atoms with Crippen LogP contribution in [0.15, 0.2) is 5.11 Å². The Bertz CT molecular complexity index is 281. The molecule has 0 radical (unpaired) electrons. The largest absolute Gasteiger partial charge is 0.305 e. The highest BCUT2D eigenvalue weighted by atomic mass is 32.2. The standard InChI is InChI=1S/C6H14N4O2S/c1-10(4-3-8-9-7)5-6-13(2,11)12/h3-6H2,1-2H3. The highest BCUT2D eigenvalue weighted by molar-refractivity contribution is 7.90. The molecule has 0 aliphatic heterocycles. The third kappa shape index (κ3) is 9.13. The Labute approximate surface area is 78.1 Å². The maximum atomic E-state index is 10.8. The number of sulfone groups is 1. The van der Waals surface area contributed by atoms with Crippen molar-refractivity contribution in [1.82, 2.24) is 4.90 Å². The molecule has 13 heavy (non-hydrogen) atoms. The first kappa shape index (κ1) is 12.2. The van der Waals surface area contributed by atoms with Crippen LogP contribution in [0.4, 0.5) is 0 Å². The van der Waals surface area contributed by atoms with Crippen LogP contribution in [0.1, 0.15) is 0 Å². The van der Waals surface area contributed by atoms with E-state index in [1.54, 1.807) is 7.05 Å². The predicted molar refractivity (Wildman–Crippen MR) is 51.2 cm³/mol. The van der Waals surface area contributed by atoms with Gasteiger partial charge in [-0.3, -0.25) is 0 Å². The Morgan fingerprint density at radius 3 is 2.54 bits per heavy atom. The molecule has 0 aromatic rings. The van der Waals surface area contributed by atoms with Gasteiger partial charge in [0.1, 0.15) is 9.84 Å². The van der Waals surface area contributed by atoms with E-state index < -0.39 is 9.84 Å². The van der Waals surface area contributed by atoms with Gasteiger partial charge in [0.2, 0.25) is 0 Å². The van der Waals surface area contributed by atoms with Crippen LogP contribution in [0, 0.1) is 0 Å². The lowest BCUT2D eigenvalue weighted by Crippen LogP contribution is -2.27. The van der Waals surface area contributed by atoms with Crippen molar-refractivity contribution in [3.8, 4) is 0 Å². The summed E-state index contributed by atoms with van der Waals surface area (Å²) < 4.78 is 21.5. The molecule has 0 saturated carbocycles. The molecule has 0 amide bonds. The number of hydrogen-bond acceptors (Lipinski definition) is 4. The van der Waals surface area contributed by atoms with E-state index in [0.29, 0.717) is 19.6 Å². The second kappa shape index (κ2) is 5.80. The first-order chi connectivity index (χ1) is 5.95. The number of rotatable bonds is 6. The van der Waals surface area contributed by atoms with Gasteiger partial charge in [0.25, 0.3) is 0 Å². The second-order valence-corrected chi connectivity index (χ2v) is 5.15. The third-order valence-electron chi connectivity index (χ3n) is 1.49. The molecule has 0 spiro atoms. The van der Waals surface area contributed by atoms with Gasteiger partial charge in [0.15, 0.2) is 0 Å². The van der Waals surface area contributed by atoms with Crippen LogP contribution in [-0.2, 0) is 9.84 Å². The molecule has 6 nitrogen and oxygen atoms in total. The average Bonchev–Trinajstić information content (AvgIpc) is 2.00. The monoisotopic (exact) mass is 206 g/mol. The lowest BCUT2D eigenvalue weighted by molar-refractivity contribution is 0.363. The van der Waals surface area contributed by atoms with E-state index in [4.69, 9.17) is 5.53 Å². The quantitative estimate of drug-likeness (QED) is 0.355. The molecule has 0 aromatic carbocycles. The summed E-state index contributed by atoms with van der Waals surface area (Å²) in [5, 5.41) is 3.35. The van der Waals surface area contributed by atoms with Gasteiger partial charge in [-0.25, -0.2) is 8.42 Å². The highest BCUT2D eigenvalue weighted by Crippen LogP contribution is 1.88. The smallest absolute Gasteiger partial charge is 0.148 e. The van der Waals surface area contributed by atoms with Crippen molar-refractivity contribution in [3.05, 3.63) is 10.4 Å². The number of likely N-dealkylation sites (N-methyl/N-ethyl adjacent to an activating group) is 1. The van der Waals surface area contributed by atoms with Crippen LogP contribution in [0.2, 0.25) is 0 Å². The molecule has 0 unspecified atom stereocenters. The zero-order chi connectivity index (χ0) is 10.3. The maximum Gasteiger partial charge on any atom is 0.148 e. The summed E-state index contributed by atoms with van der Waals surface area (Å²) in [6, 6.07) is 0. The van der Waals surface area contributed by atoms with Crippen molar-refractivity contribution >= 4 is 9.84 Å². The molecular weight excluding hydrogens is 192 g/mol. The summed E-state index contributed by atoms with van der Waals surface area (Å²) in [5.41, 5.74) is 7.98. The summed E-state index contributed by atoms with van der Waals surface area (Å²) >= 11 is 0. The summed E-state index contributed by atoms with van der Waals surface area (Å²) in [6.07, 6.45) is 1.20. The van der Waals surface area contributed by atoms with Gasteiger partial charge >= 0.3 is 0 Å². The molecule has 0 fully saturated rings. The van der Waals surface area contributed by atoms with Gasteiger partial charge in [-0.1, -0.05) is 5.11 Å². The molecule has 0 rings (SSSR count). The van der Waals surface area contributed by atoms with Crippen LogP contribution in [0.5, 0.6) is 0 Å². The fourth-order valence-corrected chi connectivity index (χ4v) is 1.34. The SMILES string of the molecule is CN(CCN=[N+]=[N-])CCS(C)(=O)=O. The lowest BCUT2D eigenvalue weighted by atomic mass is 10.5. The van der Waals surface area contributed by atoms with Gasteiger partial charge < -0.3 is 4.90 Å². The van der Waals surface area contributed by atoms with E-state index in [2.05, 4.69) is 10.0 Å². The molecule has 0 saturated heterocycles. The number of azide groups is 1. The molecule has 0 heterocycles. The first-order valence-corrected chi connectivity index (χ1v) is 5.89. The van der Waals surface area contributed by atoms with E-state index >= 15 is 0 Å². The predicted octanol–water partition coefficient (Wildman–Crippen LogP) is 0.273. The molecule has 0 atom stereocenters. The average molecular weight is 206 g/mol. The molecular formula is C6H14N4O2S. The Balaban J connectivity index is 3.63. The van der Waals surface area contributed by atoms with Crippen molar-refractivity contribution in [2.24, 2.45) is 5.11 Å². The molecule has 0 aliphatic carbocycles. The van der Waals surface area contributed by atoms with E-state index in [1.165, 1.54) is 6.26 Å². The van der Waals surface area contributed by atoms with Crippen molar-refractivity contribution in [3.63, 3.8) is 0 Å². The van der Waals surface area contributed by atoms with Crippen molar-refractivity contribution < 1.29 is 8.42 Å². The summed E-state index contributed by atoms with van der Waals surface area (Å²) in [7, 11) is -1.11. The Morgan fingerprint density at radius 2 is 2.08 bits per heavy atom. The van der Waals surface area contributed by atoms with Gasteiger partial charge in [-0.2, -0.15) is 0 Å². The summed E-state index contributed by atoms with van der Waals surface area (Å²) in [6.45, 7) is 1.43. The Hall–Kier alpha value is -0.780. The van der Waals surface area contributed by atoms with Gasteiger partial charge in [-0.15, -0.1) is 0 Å². The molecule has 0 N–H and O–H groups in total. The minimum absolute atomic E-state index is 0.139. The van der Waals surface area contributed by atoms with E-state index in [0.717, 1.165) is 0 Å². The third-order valence-corrected chi connectivity index (χ3v) is 2.41. The molecule has 76 valence electrons. The summed E-state index contributed by atoms with van der Waals surface area (Å²) in [4.78, 5) is 4.41. The molecule has 0 aliphatic rings. The van der Waals surface area contributed by atoms with Gasteiger partial charge in [0.05, 0.1) is 5.75 Å². The molecule has 0 bridgehead atoms. The van der Waals surface area contributed by atoms with Crippen molar-refractivity contribution in [2.45, 2.75) is 0 Å². The Morgan fingerprint density at radius 1 is 1.46 bits per heavy atom. The van der Waals surface area contributed by atoms with Crippen molar-refractivity contribution in [2.75, 3.05) is 38.7 Å². The minimum atomic E-state index is -2.89. The number of nitrogens with zero attached hydrogens (tertiary/aromatic N) is 4. The zero-order valence-corrected chi connectivity index (χ0v) is 8.66. The number of hydrogen-bond donors (Lipinski definition) is 0. The van der Waals surface area contributed by atoms with Crippen LogP contribution in [0.25, 0.3) is 10.4 Å². The van der Waals surface area contributed by atoms with E-state index in [-0.39, 0.29) is 5.75 Å². The second-order valence-electron chi connectivity index (χ2n) is 2.89. The van der Waals surface area contributed by atoms with E-state index in [9.17, 15) is 8.42 Å². The maximum absolute atomic E-state index is 10.8. The van der Waals surface area contributed by atoms with Crippen molar-refractivity contribution in [1.29, 1.82) is 0 Å². The summed E-state index contributed by atoms with van der Waals surface area (Å²) in [5.74, 6) is 0.139. The van der Waals surface area contributed by atoms with Crippen LogP contribution in [-0.4, -0.2) is 52.0 Å². The minimum Gasteiger partial charge on any atom is -0.305 e. The van der Waals surface area contributed by atoms with Gasteiger partial charge in [0, 0.05) is 30.8 Å². The van der Waals surface area contributed by atoms with Crippen LogP contribution in [0.3, 0.4) is 0 Å². The van der Waals surface area contributed by atoms with Crippen LogP contribution >= 0.6 is 0 Å². The molecule has 0 aromatic heterocycles. The fraction of sp³-hybridized carbons (Fsp3) is 1.00. The first-order valence-electron chi connectivity index (χ1n) is 3.83. The Kier molecular flexibility index (Phi) is 5.45. The lowest BCUT2D eigenvalue weighted by Gasteiger charge is -2.13. The topological polar surface area (TPSA) is 86.1 Å². The highest BCUT2D eigenvalue weighted by Gasteiger charge is 2.04. The molecule has 7 heteroatoms. The van der Waals surface area contributed by atoms with E-state index in [1.807, 2.05) is 4.90 Å². The normalized spacial score (nSPS) is 11.3. The van der Waals surface area contributed by atoms with Gasteiger partial charge in [-0.05, 0) is 12.6 Å². The zero-order valence-electron chi connectivity index (χ0n) is 7.84. The fourth-order valence-electron chi connectivity index (χ4n) is 0.694.